The van der Waals surface area contributed by atoms with Crippen LogP contribution in [-0.2, 0) is 11.3 Å². The van der Waals surface area contributed by atoms with Gasteiger partial charge < -0.3 is 14.8 Å². The summed E-state index contributed by atoms with van der Waals surface area (Å²) in [6.45, 7) is 9.69. The van der Waals surface area contributed by atoms with Crippen LogP contribution < -0.4 is 5.32 Å². The van der Waals surface area contributed by atoms with Crippen LogP contribution in [0.3, 0.4) is 0 Å². The maximum absolute atomic E-state index is 12.4. The maximum Gasteiger partial charge on any atom is 0.253 e. The molecule has 1 aromatic heterocycles. The Morgan fingerprint density at radius 2 is 1.93 bits per heavy atom. The molecule has 154 valence electrons. The van der Waals surface area contributed by atoms with Crippen molar-refractivity contribution in [1.82, 2.24) is 19.7 Å². The van der Waals surface area contributed by atoms with Crippen molar-refractivity contribution in [1.29, 1.82) is 0 Å². The summed E-state index contributed by atoms with van der Waals surface area (Å²) in [6.07, 6.45) is 4.11. The number of nitrogens with one attached hydrogen (secondary N) is 1. The number of hydrogen-bond donors (Lipinski definition) is 1. The second kappa shape index (κ2) is 9.73. The van der Waals surface area contributed by atoms with Gasteiger partial charge in [-0.1, -0.05) is 17.8 Å². The molecule has 0 radical (unpaired) electrons. The molecule has 0 aliphatic heterocycles. The van der Waals surface area contributed by atoms with E-state index in [2.05, 4.69) is 22.1 Å². The molecule has 29 heavy (non-hydrogen) atoms. The quantitative estimate of drug-likeness (QED) is 0.476. The number of aromatic nitrogens is 3. The van der Waals surface area contributed by atoms with Gasteiger partial charge in [0.25, 0.3) is 5.91 Å². The van der Waals surface area contributed by atoms with Crippen LogP contribution in [0.15, 0.2) is 42.1 Å². The normalized spacial score (nSPS) is 13.2. The summed E-state index contributed by atoms with van der Waals surface area (Å²) < 4.78 is 2.04. The van der Waals surface area contributed by atoms with Crippen LogP contribution in [0.5, 0.6) is 0 Å². The molecule has 1 N–H and O–H groups in total. The van der Waals surface area contributed by atoms with Crippen LogP contribution in [-0.4, -0.2) is 50.3 Å². The summed E-state index contributed by atoms with van der Waals surface area (Å²) in [6, 6.07) is 6.99. The summed E-state index contributed by atoms with van der Waals surface area (Å²) in [7, 11) is 0. The number of hydrogen-bond acceptors (Lipinski definition) is 5. The van der Waals surface area contributed by atoms with Crippen molar-refractivity contribution in [3.8, 4) is 0 Å². The van der Waals surface area contributed by atoms with Crippen molar-refractivity contribution < 1.29 is 9.59 Å². The summed E-state index contributed by atoms with van der Waals surface area (Å²) >= 11 is 1.37. The summed E-state index contributed by atoms with van der Waals surface area (Å²) in [5.41, 5.74) is 1.28. The van der Waals surface area contributed by atoms with Crippen molar-refractivity contribution in [3.63, 3.8) is 0 Å². The number of benzene rings is 1. The van der Waals surface area contributed by atoms with Gasteiger partial charge in [-0.05, 0) is 51.0 Å². The van der Waals surface area contributed by atoms with Gasteiger partial charge in [0, 0.05) is 36.8 Å². The Balaban J connectivity index is 1.56. The Labute approximate surface area is 175 Å². The van der Waals surface area contributed by atoms with Gasteiger partial charge in [-0.3, -0.25) is 9.59 Å². The summed E-state index contributed by atoms with van der Waals surface area (Å²) in [5, 5.41) is 12.1. The molecule has 1 heterocycles. The lowest BCUT2D eigenvalue weighted by Crippen LogP contribution is -2.30. The SMILES string of the molecule is C=CCn1c(SCC(=O)Nc2ccc(C(=O)N(CC)CC)cc2)nnc1C1CC1. The molecule has 1 aliphatic rings. The van der Waals surface area contributed by atoms with Crippen LogP contribution in [0.1, 0.15) is 48.8 Å². The predicted octanol–water partition coefficient (Wildman–Crippen LogP) is 3.55. The fourth-order valence-electron chi connectivity index (χ4n) is 3.07. The first-order valence-corrected chi connectivity index (χ1v) is 10.9. The third-order valence-electron chi connectivity index (χ3n) is 4.80. The number of anilines is 1. The Hall–Kier alpha value is -2.61. The molecule has 1 aromatic carbocycles. The van der Waals surface area contributed by atoms with Crippen LogP contribution in [0.25, 0.3) is 0 Å². The average Bonchev–Trinajstić information content (AvgIpc) is 3.49. The van der Waals surface area contributed by atoms with E-state index in [9.17, 15) is 9.59 Å². The zero-order chi connectivity index (χ0) is 20.8. The number of thioether (sulfide) groups is 1. The van der Waals surface area contributed by atoms with Crippen LogP contribution in [0.4, 0.5) is 5.69 Å². The number of nitrogens with zero attached hydrogens (tertiary/aromatic N) is 4. The van der Waals surface area contributed by atoms with E-state index in [1.807, 2.05) is 24.5 Å². The van der Waals surface area contributed by atoms with Crippen LogP contribution in [0, 0.1) is 0 Å². The lowest BCUT2D eigenvalue weighted by atomic mass is 10.2. The summed E-state index contributed by atoms with van der Waals surface area (Å²) in [5.74, 6) is 1.58. The first-order chi connectivity index (χ1) is 14.1. The highest BCUT2D eigenvalue weighted by Crippen LogP contribution is 2.40. The highest BCUT2D eigenvalue weighted by atomic mass is 32.2. The monoisotopic (exact) mass is 413 g/mol. The third kappa shape index (κ3) is 5.26. The van der Waals surface area contributed by atoms with Crippen molar-refractivity contribution in [2.24, 2.45) is 0 Å². The molecule has 0 saturated heterocycles. The van der Waals surface area contributed by atoms with Gasteiger partial charge in [-0.25, -0.2) is 0 Å². The second-order valence-electron chi connectivity index (χ2n) is 6.91. The van der Waals surface area contributed by atoms with E-state index in [-0.39, 0.29) is 17.6 Å². The Kier molecular flexibility index (Phi) is 7.09. The highest BCUT2D eigenvalue weighted by Gasteiger charge is 2.30. The molecule has 1 fully saturated rings. The van der Waals surface area contributed by atoms with Gasteiger partial charge in [-0.2, -0.15) is 0 Å². The van der Waals surface area contributed by atoms with E-state index < -0.39 is 0 Å². The highest BCUT2D eigenvalue weighted by molar-refractivity contribution is 7.99. The van der Waals surface area contributed by atoms with Crippen molar-refractivity contribution >= 4 is 29.3 Å². The molecular formula is C21H27N5O2S. The Morgan fingerprint density at radius 3 is 2.52 bits per heavy atom. The van der Waals surface area contributed by atoms with Crippen molar-refractivity contribution in [3.05, 3.63) is 48.3 Å². The molecule has 0 unspecified atom stereocenters. The first-order valence-electron chi connectivity index (χ1n) is 9.93. The molecule has 2 amide bonds. The molecular weight excluding hydrogens is 386 g/mol. The minimum Gasteiger partial charge on any atom is -0.339 e. The number of carbonyl (C=O) groups excluding carboxylic acids is 2. The molecule has 1 saturated carbocycles. The standard InChI is InChI=1S/C21H27N5O2S/c1-4-13-26-19(15-7-8-15)23-24-21(26)29-14-18(27)22-17-11-9-16(10-12-17)20(28)25(5-2)6-3/h4,9-12,15H,1,5-8,13-14H2,2-3H3,(H,22,27). The number of rotatable bonds is 10. The Morgan fingerprint density at radius 1 is 1.24 bits per heavy atom. The lowest BCUT2D eigenvalue weighted by molar-refractivity contribution is -0.113. The third-order valence-corrected chi connectivity index (χ3v) is 5.77. The second-order valence-corrected chi connectivity index (χ2v) is 7.85. The average molecular weight is 414 g/mol. The van der Waals surface area contributed by atoms with Gasteiger partial charge in [0.05, 0.1) is 5.75 Å². The van der Waals surface area contributed by atoms with E-state index >= 15 is 0 Å². The predicted molar refractivity (Wildman–Crippen MR) is 115 cm³/mol. The zero-order valence-electron chi connectivity index (χ0n) is 16.9. The van der Waals surface area contributed by atoms with Crippen molar-refractivity contribution in [2.75, 3.05) is 24.2 Å². The van der Waals surface area contributed by atoms with Gasteiger partial charge in [-0.15, -0.1) is 16.8 Å². The minimum atomic E-state index is -0.126. The summed E-state index contributed by atoms with van der Waals surface area (Å²) in [4.78, 5) is 26.5. The lowest BCUT2D eigenvalue weighted by Gasteiger charge is -2.18. The van der Waals surface area contributed by atoms with Gasteiger partial charge in [0.15, 0.2) is 5.16 Å². The van der Waals surface area contributed by atoms with Gasteiger partial charge in [0.2, 0.25) is 5.91 Å². The van der Waals surface area contributed by atoms with Gasteiger partial charge in [0.1, 0.15) is 5.82 Å². The molecule has 2 aromatic rings. The smallest absolute Gasteiger partial charge is 0.253 e. The van der Waals surface area contributed by atoms with E-state index in [0.717, 1.165) is 23.8 Å². The van der Waals surface area contributed by atoms with Crippen LogP contribution in [0.2, 0.25) is 0 Å². The number of amides is 2. The molecule has 0 bridgehead atoms. The maximum atomic E-state index is 12.4. The molecule has 1 aliphatic carbocycles. The van der Waals surface area contributed by atoms with E-state index in [1.165, 1.54) is 11.8 Å². The fourth-order valence-corrected chi connectivity index (χ4v) is 3.82. The largest absolute Gasteiger partial charge is 0.339 e. The molecule has 8 heteroatoms. The van der Waals surface area contributed by atoms with E-state index in [4.69, 9.17) is 0 Å². The van der Waals surface area contributed by atoms with E-state index in [1.54, 1.807) is 29.2 Å². The zero-order valence-corrected chi connectivity index (χ0v) is 17.7. The number of carbonyl (C=O) groups is 2. The molecule has 7 nitrogen and oxygen atoms in total. The minimum absolute atomic E-state index is 0.00328. The molecule has 0 atom stereocenters. The molecule has 0 spiro atoms. The van der Waals surface area contributed by atoms with Crippen molar-refractivity contribution in [2.45, 2.75) is 44.3 Å². The fraction of sp³-hybridized carbons (Fsp3) is 0.429. The first kappa shape index (κ1) is 21.1. The molecule has 3 rings (SSSR count). The topological polar surface area (TPSA) is 80.1 Å². The van der Waals surface area contributed by atoms with E-state index in [0.29, 0.717) is 36.8 Å². The number of allylic oxidation sites excluding steroid dienone is 1. The Bertz CT molecular complexity index is 870. The van der Waals surface area contributed by atoms with Crippen LogP contribution >= 0.6 is 11.8 Å². The van der Waals surface area contributed by atoms with Gasteiger partial charge >= 0.3 is 0 Å².